The fourth-order valence-corrected chi connectivity index (χ4v) is 2.86. The molecular formula is C22H31NO3. The Morgan fingerprint density at radius 2 is 1.69 bits per heavy atom. The van der Waals surface area contributed by atoms with E-state index in [9.17, 15) is 4.79 Å². The molecule has 0 atom stereocenters. The molecule has 0 spiro atoms. The molecule has 2 rings (SSSR count). The first-order valence-corrected chi connectivity index (χ1v) is 9.78. The predicted molar refractivity (Wildman–Crippen MR) is 106 cm³/mol. The molecule has 0 unspecified atom stereocenters. The zero-order chi connectivity index (χ0) is 18.6. The van der Waals surface area contributed by atoms with Crippen molar-refractivity contribution in [3.05, 3.63) is 42.0 Å². The zero-order valence-corrected chi connectivity index (χ0v) is 16.1. The predicted octanol–water partition coefficient (Wildman–Crippen LogP) is 5.19. The van der Waals surface area contributed by atoms with Crippen molar-refractivity contribution in [1.82, 2.24) is 4.90 Å². The Morgan fingerprint density at radius 3 is 2.38 bits per heavy atom. The van der Waals surface area contributed by atoms with Crippen LogP contribution in [0.15, 0.2) is 36.4 Å². The summed E-state index contributed by atoms with van der Waals surface area (Å²) in [7, 11) is 0. The van der Waals surface area contributed by atoms with Gasteiger partial charge in [0.25, 0.3) is 0 Å². The number of unbranched alkanes of at least 4 members (excludes halogenated alkanes) is 4. The monoisotopic (exact) mass is 357 g/mol. The summed E-state index contributed by atoms with van der Waals surface area (Å²) in [6.45, 7) is 6.36. The first-order chi connectivity index (χ1) is 12.7. The van der Waals surface area contributed by atoms with Crippen LogP contribution in [0.5, 0.6) is 11.5 Å². The highest BCUT2D eigenvalue weighted by atomic mass is 16.7. The van der Waals surface area contributed by atoms with Crippen LogP contribution in [-0.2, 0) is 4.79 Å². The molecule has 0 saturated carbocycles. The number of nitrogens with zero attached hydrogens (tertiary/aromatic N) is 1. The molecule has 26 heavy (non-hydrogen) atoms. The van der Waals surface area contributed by atoms with Gasteiger partial charge in [0.2, 0.25) is 12.7 Å². The van der Waals surface area contributed by atoms with E-state index >= 15 is 0 Å². The topological polar surface area (TPSA) is 38.8 Å². The van der Waals surface area contributed by atoms with E-state index in [1.54, 1.807) is 6.08 Å². The van der Waals surface area contributed by atoms with E-state index < -0.39 is 0 Å². The molecule has 0 aliphatic carbocycles. The molecule has 0 fully saturated rings. The second-order valence-electron chi connectivity index (χ2n) is 6.57. The molecule has 0 radical (unpaired) electrons. The van der Waals surface area contributed by atoms with E-state index in [1.807, 2.05) is 41.3 Å². The van der Waals surface area contributed by atoms with Crippen LogP contribution in [0.4, 0.5) is 0 Å². The standard InChI is InChI=1S/C22H31NO3/c1-3-5-9-15-23(16-10-6-4-2)22(24)12-8-7-11-19-13-14-20-21(17-19)26-18-25-20/h7-8,11-14,17H,3-6,9-10,15-16,18H2,1-2H3/b11-7+,12-8+. The third-order valence-electron chi connectivity index (χ3n) is 4.41. The lowest BCUT2D eigenvalue weighted by atomic mass is 10.2. The second-order valence-corrected chi connectivity index (χ2v) is 6.57. The molecule has 1 heterocycles. The fourth-order valence-electron chi connectivity index (χ4n) is 2.86. The van der Waals surface area contributed by atoms with Gasteiger partial charge >= 0.3 is 0 Å². The Bertz CT molecular complexity index is 612. The SMILES string of the molecule is CCCCCN(CCCCC)C(=O)/C=C/C=C/c1ccc2c(c1)OCO2. The number of hydrogen-bond acceptors (Lipinski definition) is 3. The fraction of sp³-hybridized carbons (Fsp3) is 0.500. The van der Waals surface area contributed by atoms with E-state index in [2.05, 4.69) is 13.8 Å². The highest BCUT2D eigenvalue weighted by Gasteiger charge is 2.12. The Balaban J connectivity index is 1.87. The van der Waals surface area contributed by atoms with Gasteiger partial charge in [-0.2, -0.15) is 0 Å². The molecule has 1 amide bonds. The van der Waals surface area contributed by atoms with Crippen molar-refractivity contribution in [2.75, 3.05) is 19.9 Å². The normalized spacial score (nSPS) is 13.0. The van der Waals surface area contributed by atoms with Crippen LogP contribution in [0, 0.1) is 0 Å². The summed E-state index contributed by atoms with van der Waals surface area (Å²) in [5.41, 5.74) is 1.02. The van der Waals surface area contributed by atoms with Gasteiger partial charge in [0.15, 0.2) is 11.5 Å². The van der Waals surface area contributed by atoms with Crippen LogP contribution in [0.3, 0.4) is 0 Å². The summed E-state index contributed by atoms with van der Waals surface area (Å²) in [6, 6.07) is 5.82. The molecule has 142 valence electrons. The Morgan fingerprint density at radius 1 is 1.00 bits per heavy atom. The number of allylic oxidation sites excluding steroid dienone is 2. The van der Waals surface area contributed by atoms with Crippen LogP contribution >= 0.6 is 0 Å². The van der Waals surface area contributed by atoms with Crippen LogP contribution < -0.4 is 9.47 Å². The van der Waals surface area contributed by atoms with Crippen molar-refractivity contribution in [3.63, 3.8) is 0 Å². The molecular weight excluding hydrogens is 326 g/mol. The molecule has 0 bridgehead atoms. The molecule has 4 heteroatoms. The zero-order valence-electron chi connectivity index (χ0n) is 16.1. The third kappa shape index (κ3) is 6.58. The van der Waals surface area contributed by atoms with E-state index in [1.165, 1.54) is 25.7 Å². The van der Waals surface area contributed by atoms with Gasteiger partial charge in [-0.05, 0) is 30.5 Å². The largest absolute Gasteiger partial charge is 0.454 e. The lowest BCUT2D eigenvalue weighted by Gasteiger charge is -2.21. The highest BCUT2D eigenvalue weighted by Crippen LogP contribution is 2.32. The van der Waals surface area contributed by atoms with Crippen LogP contribution in [0.2, 0.25) is 0 Å². The van der Waals surface area contributed by atoms with E-state index in [0.29, 0.717) is 0 Å². The Hall–Kier alpha value is -2.23. The van der Waals surface area contributed by atoms with E-state index in [-0.39, 0.29) is 12.7 Å². The molecule has 0 saturated heterocycles. The van der Waals surface area contributed by atoms with Crippen molar-refractivity contribution in [2.24, 2.45) is 0 Å². The molecule has 1 aromatic rings. The van der Waals surface area contributed by atoms with Gasteiger partial charge in [-0.25, -0.2) is 0 Å². The number of ether oxygens (including phenoxy) is 2. The van der Waals surface area contributed by atoms with Crippen molar-refractivity contribution in [3.8, 4) is 11.5 Å². The summed E-state index contributed by atoms with van der Waals surface area (Å²) in [5, 5.41) is 0. The maximum Gasteiger partial charge on any atom is 0.246 e. The maximum atomic E-state index is 12.5. The number of benzene rings is 1. The van der Waals surface area contributed by atoms with Crippen molar-refractivity contribution < 1.29 is 14.3 Å². The molecule has 1 aromatic carbocycles. The Labute approximate surface area is 157 Å². The maximum absolute atomic E-state index is 12.5. The van der Waals surface area contributed by atoms with Gasteiger partial charge in [-0.15, -0.1) is 0 Å². The van der Waals surface area contributed by atoms with Gasteiger partial charge in [-0.1, -0.05) is 63.8 Å². The number of carbonyl (C=O) groups is 1. The van der Waals surface area contributed by atoms with Gasteiger partial charge < -0.3 is 14.4 Å². The van der Waals surface area contributed by atoms with Gasteiger partial charge in [-0.3, -0.25) is 4.79 Å². The molecule has 1 aliphatic rings. The van der Waals surface area contributed by atoms with Crippen LogP contribution in [0.1, 0.15) is 57.9 Å². The minimum atomic E-state index is 0.104. The first-order valence-electron chi connectivity index (χ1n) is 9.78. The molecule has 1 aliphatic heterocycles. The average molecular weight is 357 g/mol. The van der Waals surface area contributed by atoms with Crippen LogP contribution in [-0.4, -0.2) is 30.7 Å². The summed E-state index contributed by atoms with van der Waals surface area (Å²) in [6.07, 6.45) is 14.2. The average Bonchev–Trinajstić information content (AvgIpc) is 3.12. The number of hydrogen-bond donors (Lipinski definition) is 0. The van der Waals surface area contributed by atoms with E-state index in [0.717, 1.165) is 43.0 Å². The summed E-state index contributed by atoms with van der Waals surface area (Å²) in [4.78, 5) is 14.4. The van der Waals surface area contributed by atoms with Crippen molar-refractivity contribution >= 4 is 12.0 Å². The number of fused-ring (bicyclic) bond motifs is 1. The summed E-state index contributed by atoms with van der Waals surface area (Å²) < 4.78 is 10.7. The van der Waals surface area contributed by atoms with Crippen LogP contribution in [0.25, 0.3) is 6.08 Å². The quantitative estimate of drug-likeness (QED) is 0.311. The summed E-state index contributed by atoms with van der Waals surface area (Å²) >= 11 is 0. The van der Waals surface area contributed by atoms with Gasteiger partial charge in [0.05, 0.1) is 0 Å². The van der Waals surface area contributed by atoms with Gasteiger partial charge in [0, 0.05) is 19.2 Å². The smallest absolute Gasteiger partial charge is 0.246 e. The second kappa shape index (κ2) is 11.4. The third-order valence-corrected chi connectivity index (χ3v) is 4.41. The van der Waals surface area contributed by atoms with E-state index in [4.69, 9.17) is 9.47 Å². The first kappa shape index (κ1) is 20.1. The number of amides is 1. The van der Waals surface area contributed by atoms with Gasteiger partial charge in [0.1, 0.15) is 0 Å². The van der Waals surface area contributed by atoms with Crippen molar-refractivity contribution in [2.45, 2.75) is 52.4 Å². The number of carbonyl (C=O) groups excluding carboxylic acids is 1. The molecule has 0 aromatic heterocycles. The Kier molecular flexibility index (Phi) is 8.81. The minimum absolute atomic E-state index is 0.104. The number of rotatable bonds is 11. The van der Waals surface area contributed by atoms with Crippen molar-refractivity contribution in [1.29, 1.82) is 0 Å². The lowest BCUT2D eigenvalue weighted by Crippen LogP contribution is -2.31. The summed E-state index contributed by atoms with van der Waals surface area (Å²) in [5.74, 6) is 1.65. The minimum Gasteiger partial charge on any atom is -0.454 e. The highest BCUT2D eigenvalue weighted by molar-refractivity contribution is 5.88. The molecule has 4 nitrogen and oxygen atoms in total. The lowest BCUT2D eigenvalue weighted by molar-refractivity contribution is -0.126. The molecule has 0 N–H and O–H groups in total.